The number of carbonyl (C=O) groups excluding carboxylic acids is 1. The monoisotopic (exact) mass is 435 g/mol. The number of nitrogens with zero attached hydrogens (tertiary/aromatic N) is 3. The van der Waals surface area contributed by atoms with E-state index in [1.54, 1.807) is 18.7 Å². The second-order valence-electron chi connectivity index (χ2n) is 8.27. The van der Waals surface area contributed by atoms with E-state index in [1.165, 1.54) is 17.5 Å². The molecule has 1 aliphatic heterocycles. The molecule has 0 spiro atoms. The third-order valence-electron chi connectivity index (χ3n) is 5.91. The van der Waals surface area contributed by atoms with E-state index in [-0.39, 0.29) is 5.91 Å². The van der Waals surface area contributed by atoms with E-state index in [1.807, 2.05) is 29.2 Å². The molecule has 162 valence electrons. The van der Waals surface area contributed by atoms with Crippen LogP contribution in [0.1, 0.15) is 52.5 Å². The van der Waals surface area contributed by atoms with E-state index in [9.17, 15) is 4.79 Å². The summed E-state index contributed by atoms with van der Waals surface area (Å²) in [7, 11) is 0. The van der Waals surface area contributed by atoms with E-state index in [0.29, 0.717) is 23.4 Å². The number of rotatable bonds is 7. The summed E-state index contributed by atoms with van der Waals surface area (Å²) in [6.45, 7) is 5.57. The van der Waals surface area contributed by atoms with Crippen LogP contribution in [0.15, 0.2) is 57.9 Å². The molecular weight excluding hydrogens is 406 g/mol. The first kappa shape index (κ1) is 21.6. The Labute approximate surface area is 188 Å². The molecule has 1 saturated heterocycles. The Hall–Kier alpha value is -2.60. The van der Waals surface area contributed by atoms with Crippen molar-refractivity contribution in [2.24, 2.45) is 5.92 Å². The summed E-state index contributed by atoms with van der Waals surface area (Å²) in [5, 5.41) is 3.94. The fourth-order valence-electron chi connectivity index (χ4n) is 4.03. The molecule has 1 amide bonds. The van der Waals surface area contributed by atoms with Gasteiger partial charge in [-0.05, 0) is 56.2 Å². The standard InChI is InChI=1S/C25H29N3O2S/c1-18-7-9-20(10-8-18)11-12-21-13-15-28(16-14-21)25(29)22-5-3-4-6-23(22)31-17-24-26-19(2)30-27-24/h3-10,21H,11-17H2,1-2H3. The van der Waals surface area contributed by atoms with Crippen LogP contribution in [0.5, 0.6) is 0 Å². The maximum atomic E-state index is 13.2. The highest BCUT2D eigenvalue weighted by Gasteiger charge is 2.25. The Morgan fingerprint density at radius 3 is 2.55 bits per heavy atom. The number of aromatic nitrogens is 2. The van der Waals surface area contributed by atoms with E-state index in [4.69, 9.17) is 4.52 Å². The van der Waals surface area contributed by atoms with Gasteiger partial charge in [0.25, 0.3) is 5.91 Å². The number of aryl methyl sites for hydroxylation is 3. The zero-order valence-electron chi connectivity index (χ0n) is 18.2. The van der Waals surface area contributed by atoms with Crippen molar-refractivity contribution in [1.82, 2.24) is 15.0 Å². The third kappa shape index (κ3) is 5.76. The lowest BCUT2D eigenvalue weighted by Crippen LogP contribution is -2.38. The average molecular weight is 436 g/mol. The van der Waals surface area contributed by atoms with Crippen LogP contribution in [0.3, 0.4) is 0 Å². The van der Waals surface area contributed by atoms with Crippen LogP contribution in [-0.2, 0) is 12.2 Å². The molecule has 31 heavy (non-hydrogen) atoms. The van der Waals surface area contributed by atoms with Gasteiger partial charge in [0.1, 0.15) is 0 Å². The van der Waals surface area contributed by atoms with Gasteiger partial charge >= 0.3 is 0 Å². The molecule has 4 rings (SSSR count). The van der Waals surface area contributed by atoms with Crippen molar-refractivity contribution in [3.63, 3.8) is 0 Å². The van der Waals surface area contributed by atoms with E-state index in [2.05, 4.69) is 41.3 Å². The van der Waals surface area contributed by atoms with Crippen molar-refractivity contribution >= 4 is 17.7 Å². The first-order valence-electron chi connectivity index (χ1n) is 10.9. The number of hydrogen-bond acceptors (Lipinski definition) is 5. The molecular formula is C25H29N3O2S. The lowest BCUT2D eigenvalue weighted by Gasteiger charge is -2.32. The van der Waals surface area contributed by atoms with Crippen molar-refractivity contribution in [1.29, 1.82) is 0 Å². The fraction of sp³-hybridized carbons (Fsp3) is 0.400. The molecule has 5 nitrogen and oxygen atoms in total. The first-order valence-corrected chi connectivity index (χ1v) is 11.9. The van der Waals surface area contributed by atoms with E-state index in [0.717, 1.165) is 42.8 Å². The maximum absolute atomic E-state index is 13.2. The second-order valence-corrected chi connectivity index (χ2v) is 9.29. The van der Waals surface area contributed by atoms with E-state index >= 15 is 0 Å². The predicted octanol–water partition coefficient (Wildman–Crippen LogP) is 5.46. The molecule has 6 heteroatoms. The lowest BCUT2D eigenvalue weighted by atomic mass is 9.90. The van der Waals surface area contributed by atoms with Gasteiger partial charge in [-0.25, -0.2) is 0 Å². The largest absolute Gasteiger partial charge is 0.340 e. The van der Waals surface area contributed by atoms with Gasteiger partial charge in [-0.3, -0.25) is 4.79 Å². The fourth-order valence-corrected chi connectivity index (χ4v) is 4.92. The van der Waals surface area contributed by atoms with Crippen molar-refractivity contribution in [2.75, 3.05) is 13.1 Å². The van der Waals surface area contributed by atoms with Crippen LogP contribution in [0.4, 0.5) is 0 Å². The molecule has 0 unspecified atom stereocenters. The molecule has 0 N–H and O–H groups in total. The van der Waals surface area contributed by atoms with Crippen LogP contribution < -0.4 is 0 Å². The smallest absolute Gasteiger partial charge is 0.254 e. The van der Waals surface area contributed by atoms with Gasteiger partial charge in [0.05, 0.1) is 11.3 Å². The molecule has 2 aromatic carbocycles. The van der Waals surface area contributed by atoms with Crippen molar-refractivity contribution in [3.8, 4) is 0 Å². The normalized spacial score (nSPS) is 14.7. The van der Waals surface area contributed by atoms with Crippen molar-refractivity contribution in [3.05, 3.63) is 76.9 Å². The Kier molecular flexibility index (Phi) is 7.07. The topological polar surface area (TPSA) is 59.2 Å². The van der Waals surface area contributed by atoms with Crippen molar-refractivity contribution in [2.45, 2.75) is 50.2 Å². The highest BCUT2D eigenvalue weighted by Crippen LogP contribution is 2.29. The SMILES string of the molecule is Cc1ccc(CCC2CCN(C(=O)c3ccccc3SCc3noc(C)n3)CC2)cc1. The second kappa shape index (κ2) is 10.1. The molecule has 1 aromatic heterocycles. The van der Waals surface area contributed by atoms with Gasteiger partial charge in [0.2, 0.25) is 5.89 Å². The van der Waals surface area contributed by atoms with Crippen LogP contribution in [-0.4, -0.2) is 34.0 Å². The number of likely N-dealkylation sites (tertiary alicyclic amines) is 1. The number of thioether (sulfide) groups is 1. The minimum Gasteiger partial charge on any atom is -0.340 e. The third-order valence-corrected chi connectivity index (χ3v) is 6.98. The zero-order valence-corrected chi connectivity index (χ0v) is 19.0. The molecule has 1 fully saturated rings. The highest BCUT2D eigenvalue weighted by molar-refractivity contribution is 7.98. The van der Waals surface area contributed by atoms with Gasteiger partial charge in [-0.1, -0.05) is 47.1 Å². The van der Waals surface area contributed by atoms with Crippen LogP contribution in [0.25, 0.3) is 0 Å². The van der Waals surface area contributed by atoms with Crippen LogP contribution in [0, 0.1) is 19.8 Å². The van der Waals surface area contributed by atoms with Gasteiger partial charge in [0.15, 0.2) is 5.82 Å². The molecule has 3 aromatic rings. The Morgan fingerprint density at radius 2 is 1.84 bits per heavy atom. The quantitative estimate of drug-likeness (QED) is 0.461. The number of piperidine rings is 1. The minimum atomic E-state index is 0.129. The predicted molar refractivity (Wildman–Crippen MR) is 123 cm³/mol. The molecule has 1 aliphatic rings. The number of carbonyl (C=O) groups is 1. The number of benzene rings is 2. The van der Waals surface area contributed by atoms with E-state index < -0.39 is 0 Å². The average Bonchev–Trinajstić information content (AvgIpc) is 3.22. The van der Waals surface area contributed by atoms with Crippen molar-refractivity contribution < 1.29 is 9.32 Å². The summed E-state index contributed by atoms with van der Waals surface area (Å²) >= 11 is 1.58. The summed E-state index contributed by atoms with van der Waals surface area (Å²) in [5.74, 6) is 2.62. The molecule has 0 radical (unpaired) electrons. The van der Waals surface area contributed by atoms with Crippen LogP contribution in [0.2, 0.25) is 0 Å². The summed E-state index contributed by atoms with van der Waals surface area (Å²) in [4.78, 5) is 20.4. The summed E-state index contributed by atoms with van der Waals surface area (Å²) < 4.78 is 5.04. The maximum Gasteiger partial charge on any atom is 0.254 e. The molecule has 0 aliphatic carbocycles. The van der Waals surface area contributed by atoms with Gasteiger partial charge in [-0.2, -0.15) is 4.98 Å². The Morgan fingerprint density at radius 1 is 1.10 bits per heavy atom. The molecule has 0 saturated carbocycles. The molecule has 2 heterocycles. The minimum absolute atomic E-state index is 0.129. The van der Waals surface area contributed by atoms with Gasteiger partial charge < -0.3 is 9.42 Å². The number of amides is 1. The Bertz CT molecular complexity index is 1010. The Balaban J connectivity index is 1.30. The lowest BCUT2D eigenvalue weighted by molar-refractivity contribution is 0.0683. The highest BCUT2D eigenvalue weighted by atomic mass is 32.2. The summed E-state index contributed by atoms with van der Waals surface area (Å²) in [5.41, 5.74) is 3.49. The van der Waals surface area contributed by atoms with Gasteiger partial charge in [0, 0.05) is 24.9 Å². The first-order chi connectivity index (χ1) is 15.1. The molecule has 0 bridgehead atoms. The van der Waals surface area contributed by atoms with Crippen LogP contribution >= 0.6 is 11.8 Å². The van der Waals surface area contributed by atoms with Gasteiger partial charge in [-0.15, -0.1) is 11.8 Å². The summed E-state index contributed by atoms with van der Waals surface area (Å²) in [6.07, 6.45) is 4.47. The molecule has 0 atom stereocenters. The summed E-state index contributed by atoms with van der Waals surface area (Å²) in [6, 6.07) is 16.7. The number of hydrogen-bond donors (Lipinski definition) is 0. The zero-order chi connectivity index (χ0) is 21.6.